The molecular formula is C15H21N3O4S. The first kappa shape index (κ1) is 17.3. The lowest BCUT2D eigenvalue weighted by molar-refractivity contribution is -0.120. The molecule has 3 amide bonds. The van der Waals surface area contributed by atoms with Crippen LogP contribution in [0.3, 0.4) is 0 Å². The number of hydrogen-bond acceptors (Lipinski definition) is 4. The smallest absolute Gasteiger partial charge is 0.315 e. The Morgan fingerprint density at radius 1 is 1.13 bits per heavy atom. The molecule has 1 aromatic rings. The van der Waals surface area contributed by atoms with E-state index in [4.69, 9.17) is 0 Å². The fraction of sp³-hybridized carbons (Fsp3) is 0.467. The highest BCUT2D eigenvalue weighted by Gasteiger charge is 2.28. The van der Waals surface area contributed by atoms with Gasteiger partial charge in [0.15, 0.2) is 9.84 Å². The molecule has 0 aliphatic carbocycles. The van der Waals surface area contributed by atoms with Crippen LogP contribution in [0.15, 0.2) is 30.3 Å². The van der Waals surface area contributed by atoms with E-state index in [0.29, 0.717) is 19.4 Å². The van der Waals surface area contributed by atoms with Crippen molar-refractivity contribution < 1.29 is 18.0 Å². The molecule has 1 fully saturated rings. The summed E-state index contributed by atoms with van der Waals surface area (Å²) >= 11 is 0. The molecule has 0 radical (unpaired) electrons. The molecule has 1 saturated heterocycles. The molecule has 7 nitrogen and oxygen atoms in total. The van der Waals surface area contributed by atoms with E-state index in [0.717, 1.165) is 5.56 Å². The predicted octanol–water partition coefficient (Wildman–Crippen LogP) is -0.168. The molecule has 8 heteroatoms. The van der Waals surface area contributed by atoms with E-state index in [1.54, 1.807) is 0 Å². The average Bonchev–Trinajstić information content (AvgIpc) is 2.85. The summed E-state index contributed by atoms with van der Waals surface area (Å²) in [6, 6.07) is 8.97. The van der Waals surface area contributed by atoms with Crippen molar-refractivity contribution in [2.75, 3.05) is 24.6 Å². The number of rotatable bonds is 6. The third-order valence-corrected chi connectivity index (χ3v) is 5.32. The van der Waals surface area contributed by atoms with Crippen molar-refractivity contribution in [3.63, 3.8) is 0 Å². The zero-order chi connectivity index (χ0) is 16.7. The standard InChI is InChI=1S/C15H21N3O4S/c19-14(18-13-7-9-23(21,22)11-13)10-17-15(20)16-8-6-12-4-2-1-3-5-12/h1-5,13H,6-11H2,(H,18,19)(H2,16,17,20)/t13-/m1/s1. The highest BCUT2D eigenvalue weighted by atomic mass is 32.2. The second-order valence-electron chi connectivity index (χ2n) is 5.51. The number of sulfone groups is 1. The van der Waals surface area contributed by atoms with E-state index in [1.165, 1.54) is 0 Å². The van der Waals surface area contributed by atoms with Crippen LogP contribution in [0.1, 0.15) is 12.0 Å². The molecule has 2 rings (SSSR count). The van der Waals surface area contributed by atoms with Crippen LogP contribution in [0, 0.1) is 0 Å². The Kier molecular flexibility index (Phi) is 5.97. The number of carbonyl (C=O) groups excluding carboxylic acids is 2. The highest BCUT2D eigenvalue weighted by Crippen LogP contribution is 2.10. The van der Waals surface area contributed by atoms with E-state index in [1.807, 2.05) is 30.3 Å². The van der Waals surface area contributed by atoms with Gasteiger partial charge >= 0.3 is 6.03 Å². The molecule has 1 heterocycles. The average molecular weight is 339 g/mol. The SMILES string of the molecule is O=C(CNC(=O)NCCc1ccccc1)N[C@@H]1CCS(=O)(=O)C1. The third-order valence-electron chi connectivity index (χ3n) is 3.55. The maximum absolute atomic E-state index is 11.7. The number of amides is 3. The summed E-state index contributed by atoms with van der Waals surface area (Å²) in [5.41, 5.74) is 1.12. The first-order valence-electron chi connectivity index (χ1n) is 7.50. The van der Waals surface area contributed by atoms with Gasteiger partial charge in [-0.3, -0.25) is 4.79 Å². The summed E-state index contributed by atoms with van der Waals surface area (Å²) in [5, 5.41) is 7.73. The van der Waals surface area contributed by atoms with Gasteiger partial charge in [-0.05, 0) is 18.4 Å². The Labute approximate surface area is 135 Å². The molecule has 1 aromatic carbocycles. The lowest BCUT2D eigenvalue weighted by Crippen LogP contribution is -2.45. The highest BCUT2D eigenvalue weighted by molar-refractivity contribution is 7.91. The monoisotopic (exact) mass is 339 g/mol. The van der Waals surface area contributed by atoms with Crippen LogP contribution in [0.4, 0.5) is 4.79 Å². The van der Waals surface area contributed by atoms with Gasteiger partial charge in [-0.15, -0.1) is 0 Å². The van der Waals surface area contributed by atoms with Crippen LogP contribution >= 0.6 is 0 Å². The van der Waals surface area contributed by atoms with Crippen molar-refractivity contribution in [3.05, 3.63) is 35.9 Å². The van der Waals surface area contributed by atoms with Crippen molar-refractivity contribution in [1.82, 2.24) is 16.0 Å². The second kappa shape index (κ2) is 7.96. The van der Waals surface area contributed by atoms with Gasteiger partial charge in [0.2, 0.25) is 5.91 Å². The van der Waals surface area contributed by atoms with E-state index in [-0.39, 0.29) is 30.0 Å². The van der Waals surface area contributed by atoms with Crippen LogP contribution in [-0.2, 0) is 21.1 Å². The van der Waals surface area contributed by atoms with Gasteiger partial charge in [-0.2, -0.15) is 0 Å². The molecule has 0 spiro atoms. The van der Waals surface area contributed by atoms with E-state index < -0.39 is 15.9 Å². The maximum atomic E-state index is 11.7. The number of urea groups is 1. The number of hydrogen-bond donors (Lipinski definition) is 3. The van der Waals surface area contributed by atoms with Crippen LogP contribution in [-0.4, -0.2) is 51.0 Å². The quantitative estimate of drug-likeness (QED) is 0.669. The minimum absolute atomic E-state index is 0.0258. The zero-order valence-corrected chi connectivity index (χ0v) is 13.6. The predicted molar refractivity (Wildman–Crippen MR) is 86.7 cm³/mol. The van der Waals surface area contributed by atoms with Gasteiger partial charge in [0.1, 0.15) is 0 Å². The fourth-order valence-corrected chi connectivity index (χ4v) is 4.05. The van der Waals surface area contributed by atoms with Gasteiger partial charge < -0.3 is 16.0 Å². The van der Waals surface area contributed by atoms with Gasteiger partial charge in [-0.25, -0.2) is 13.2 Å². The normalized spacial score (nSPS) is 19.0. The summed E-state index contributed by atoms with van der Waals surface area (Å²) < 4.78 is 22.6. The van der Waals surface area contributed by atoms with Crippen molar-refractivity contribution in [1.29, 1.82) is 0 Å². The molecule has 23 heavy (non-hydrogen) atoms. The Morgan fingerprint density at radius 2 is 1.87 bits per heavy atom. The Bertz CT molecular complexity index is 646. The lowest BCUT2D eigenvalue weighted by atomic mass is 10.1. The Balaban J connectivity index is 1.59. The van der Waals surface area contributed by atoms with Gasteiger partial charge in [0, 0.05) is 12.6 Å². The minimum Gasteiger partial charge on any atom is -0.351 e. The zero-order valence-electron chi connectivity index (χ0n) is 12.7. The molecule has 0 bridgehead atoms. The molecule has 126 valence electrons. The summed E-state index contributed by atoms with van der Waals surface area (Å²) in [4.78, 5) is 23.2. The van der Waals surface area contributed by atoms with Crippen molar-refractivity contribution in [2.24, 2.45) is 0 Å². The van der Waals surface area contributed by atoms with E-state index in [2.05, 4.69) is 16.0 Å². The van der Waals surface area contributed by atoms with Crippen LogP contribution in [0.5, 0.6) is 0 Å². The van der Waals surface area contributed by atoms with Crippen molar-refractivity contribution in [3.8, 4) is 0 Å². The van der Waals surface area contributed by atoms with Gasteiger partial charge in [0.25, 0.3) is 0 Å². The van der Waals surface area contributed by atoms with E-state index >= 15 is 0 Å². The summed E-state index contributed by atoms with van der Waals surface area (Å²) in [5.74, 6) is -0.307. The topological polar surface area (TPSA) is 104 Å². The molecule has 3 N–H and O–H groups in total. The molecule has 1 aliphatic heterocycles. The number of nitrogens with one attached hydrogen (secondary N) is 3. The van der Waals surface area contributed by atoms with Crippen molar-refractivity contribution in [2.45, 2.75) is 18.9 Å². The summed E-state index contributed by atoms with van der Waals surface area (Å²) in [7, 11) is -3.03. The first-order chi connectivity index (χ1) is 10.9. The third kappa shape index (κ3) is 6.27. The molecule has 0 unspecified atom stereocenters. The molecule has 0 aromatic heterocycles. The number of carbonyl (C=O) groups is 2. The first-order valence-corrected chi connectivity index (χ1v) is 9.32. The van der Waals surface area contributed by atoms with Crippen LogP contribution in [0.2, 0.25) is 0 Å². The Hall–Kier alpha value is -2.09. The largest absolute Gasteiger partial charge is 0.351 e. The van der Waals surface area contributed by atoms with Crippen molar-refractivity contribution >= 4 is 21.8 Å². The maximum Gasteiger partial charge on any atom is 0.315 e. The molecule has 1 atom stereocenters. The second-order valence-corrected chi connectivity index (χ2v) is 7.74. The minimum atomic E-state index is -3.03. The van der Waals surface area contributed by atoms with Gasteiger partial charge in [0.05, 0.1) is 18.1 Å². The molecule has 1 aliphatic rings. The van der Waals surface area contributed by atoms with E-state index in [9.17, 15) is 18.0 Å². The molecular weight excluding hydrogens is 318 g/mol. The Morgan fingerprint density at radius 3 is 2.52 bits per heavy atom. The van der Waals surface area contributed by atoms with Gasteiger partial charge in [-0.1, -0.05) is 30.3 Å². The lowest BCUT2D eigenvalue weighted by Gasteiger charge is -2.12. The molecule has 0 saturated carbocycles. The number of benzene rings is 1. The summed E-state index contributed by atoms with van der Waals surface area (Å²) in [6.45, 7) is 0.298. The van der Waals surface area contributed by atoms with Crippen LogP contribution < -0.4 is 16.0 Å². The van der Waals surface area contributed by atoms with Crippen LogP contribution in [0.25, 0.3) is 0 Å². The summed E-state index contributed by atoms with van der Waals surface area (Å²) in [6.07, 6.45) is 1.14. The fourth-order valence-electron chi connectivity index (χ4n) is 2.38.